The van der Waals surface area contributed by atoms with E-state index >= 15 is 0 Å². The molecule has 1 aromatic carbocycles. The monoisotopic (exact) mass is 281 g/mol. The third-order valence-electron chi connectivity index (χ3n) is 4.26. The highest BCUT2D eigenvalue weighted by Gasteiger charge is 2.24. The van der Waals surface area contributed by atoms with Gasteiger partial charge in [-0.1, -0.05) is 0 Å². The fourth-order valence-corrected chi connectivity index (χ4v) is 3.36. The summed E-state index contributed by atoms with van der Waals surface area (Å²) in [5, 5.41) is 11.6. The molecule has 0 radical (unpaired) electrons. The number of anilines is 1. The van der Waals surface area contributed by atoms with Crippen LogP contribution in [0.2, 0.25) is 0 Å². The molecular formula is C17H19N3O. The van der Waals surface area contributed by atoms with Crippen molar-refractivity contribution in [2.24, 2.45) is 0 Å². The predicted molar refractivity (Wildman–Crippen MR) is 83.0 cm³/mol. The Labute approximate surface area is 125 Å². The molecule has 2 aliphatic heterocycles. The second-order valence-electron chi connectivity index (χ2n) is 5.63. The summed E-state index contributed by atoms with van der Waals surface area (Å²) in [6.07, 6.45) is 6.23. The predicted octanol–water partition coefficient (Wildman–Crippen LogP) is 2.04. The van der Waals surface area contributed by atoms with E-state index in [2.05, 4.69) is 22.3 Å². The normalized spacial score (nSPS) is 17.0. The van der Waals surface area contributed by atoms with Gasteiger partial charge in [0, 0.05) is 25.8 Å². The second kappa shape index (κ2) is 5.61. The van der Waals surface area contributed by atoms with Crippen LogP contribution in [0.3, 0.4) is 0 Å². The SMILES string of the molecule is CNC(=O)/C(C#N)=C/c1cc2c3c(c1)CCCN3CCC2. The maximum atomic E-state index is 11.6. The maximum Gasteiger partial charge on any atom is 0.261 e. The Morgan fingerprint density at radius 3 is 2.43 bits per heavy atom. The van der Waals surface area contributed by atoms with Crippen LogP contribution in [0.5, 0.6) is 0 Å². The van der Waals surface area contributed by atoms with Crippen molar-refractivity contribution in [2.45, 2.75) is 25.7 Å². The van der Waals surface area contributed by atoms with Crippen molar-refractivity contribution in [3.63, 3.8) is 0 Å². The average Bonchev–Trinajstić information content (AvgIpc) is 2.52. The number of aryl methyl sites for hydroxylation is 2. The summed E-state index contributed by atoms with van der Waals surface area (Å²) < 4.78 is 0. The number of nitrogens with one attached hydrogen (secondary N) is 1. The smallest absolute Gasteiger partial charge is 0.261 e. The van der Waals surface area contributed by atoms with Gasteiger partial charge in [-0.15, -0.1) is 0 Å². The van der Waals surface area contributed by atoms with Crippen molar-refractivity contribution in [3.8, 4) is 6.07 Å². The Hall–Kier alpha value is -2.28. The Morgan fingerprint density at radius 1 is 1.29 bits per heavy atom. The molecular weight excluding hydrogens is 262 g/mol. The number of amides is 1. The lowest BCUT2D eigenvalue weighted by Gasteiger charge is -2.37. The van der Waals surface area contributed by atoms with Crippen LogP contribution in [0.4, 0.5) is 5.69 Å². The molecule has 0 unspecified atom stereocenters. The molecule has 0 spiro atoms. The number of nitrogens with zero attached hydrogens (tertiary/aromatic N) is 2. The molecule has 3 rings (SSSR count). The number of likely N-dealkylation sites (N-methyl/N-ethyl adjacent to an activating group) is 1. The van der Waals surface area contributed by atoms with Crippen LogP contribution < -0.4 is 10.2 Å². The van der Waals surface area contributed by atoms with Gasteiger partial charge in [0.1, 0.15) is 11.6 Å². The molecule has 1 amide bonds. The summed E-state index contributed by atoms with van der Waals surface area (Å²) in [4.78, 5) is 14.1. The molecule has 2 aliphatic rings. The van der Waals surface area contributed by atoms with Crippen molar-refractivity contribution in [1.82, 2.24) is 5.32 Å². The zero-order valence-corrected chi connectivity index (χ0v) is 12.3. The molecule has 1 N–H and O–H groups in total. The molecule has 108 valence electrons. The van der Waals surface area contributed by atoms with E-state index in [-0.39, 0.29) is 11.5 Å². The van der Waals surface area contributed by atoms with E-state index in [9.17, 15) is 4.79 Å². The van der Waals surface area contributed by atoms with Crippen molar-refractivity contribution in [2.75, 3.05) is 25.0 Å². The first-order chi connectivity index (χ1) is 10.2. The van der Waals surface area contributed by atoms with Crippen LogP contribution in [-0.4, -0.2) is 26.0 Å². The van der Waals surface area contributed by atoms with Gasteiger partial charge >= 0.3 is 0 Å². The molecule has 0 atom stereocenters. The quantitative estimate of drug-likeness (QED) is 0.666. The molecule has 0 aromatic heterocycles. The summed E-state index contributed by atoms with van der Waals surface area (Å²) in [6.45, 7) is 2.30. The van der Waals surface area contributed by atoms with E-state index in [1.807, 2.05) is 6.07 Å². The van der Waals surface area contributed by atoms with Crippen LogP contribution in [0, 0.1) is 11.3 Å². The number of hydrogen-bond acceptors (Lipinski definition) is 3. The van der Waals surface area contributed by atoms with E-state index in [1.165, 1.54) is 29.7 Å². The van der Waals surface area contributed by atoms with Gasteiger partial charge < -0.3 is 10.2 Å². The van der Waals surface area contributed by atoms with E-state index < -0.39 is 0 Å². The van der Waals surface area contributed by atoms with Crippen molar-refractivity contribution in [3.05, 3.63) is 34.4 Å². The van der Waals surface area contributed by atoms with Crippen molar-refractivity contribution in [1.29, 1.82) is 5.26 Å². The highest BCUT2D eigenvalue weighted by Crippen LogP contribution is 2.36. The number of carbonyl (C=O) groups excluding carboxylic acids is 1. The topological polar surface area (TPSA) is 56.1 Å². The summed E-state index contributed by atoms with van der Waals surface area (Å²) >= 11 is 0. The molecule has 4 nitrogen and oxygen atoms in total. The molecule has 4 heteroatoms. The van der Waals surface area contributed by atoms with E-state index in [4.69, 9.17) is 5.26 Å². The van der Waals surface area contributed by atoms with Crippen LogP contribution in [0.1, 0.15) is 29.5 Å². The molecule has 0 saturated carbocycles. The number of rotatable bonds is 2. The van der Waals surface area contributed by atoms with Crippen LogP contribution in [0.25, 0.3) is 6.08 Å². The highest BCUT2D eigenvalue weighted by molar-refractivity contribution is 6.01. The van der Waals surface area contributed by atoms with Gasteiger partial charge in [0.25, 0.3) is 5.91 Å². The number of nitriles is 1. The summed E-state index contributed by atoms with van der Waals surface area (Å²) in [6, 6.07) is 6.25. The summed E-state index contributed by atoms with van der Waals surface area (Å²) in [5.41, 5.74) is 5.25. The summed E-state index contributed by atoms with van der Waals surface area (Å²) in [7, 11) is 1.54. The Bertz CT molecular complexity index is 623. The fraction of sp³-hybridized carbons (Fsp3) is 0.412. The van der Waals surface area contributed by atoms with Gasteiger partial charge in [-0.25, -0.2) is 0 Å². The molecule has 0 fully saturated rings. The Morgan fingerprint density at radius 2 is 1.90 bits per heavy atom. The number of carbonyl (C=O) groups is 1. The molecule has 0 bridgehead atoms. The van der Waals surface area contributed by atoms with Gasteiger partial charge in [0.05, 0.1) is 0 Å². The first kappa shape index (κ1) is 13.7. The molecule has 1 aromatic rings. The first-order valence-electron chi connectivity index (χ1n) is 7.47. The van der Waals surface area contributed by atoms with Crippen molar-refractivity contribution < 1.29 is 4.79 Å². The highest BCUT2D eigenvalue weighted by atomic mass is 16.1. The van der Waals surface area contributed by atoms with Gasteiger partial charge in [0.2, 0.25) is 0 Å². The molecule has 0 aliphatic carbocycles. The number of benzene rings is 1. The molecule has 2 heterocycles. The van der Waals surface area contributed by atoms with Crippen LogP contribution in [0.15, 0.2) is 17.7 Å². The minimum absolute atomic E-state index is 0.160. The van der Waals surface area contributed by atoms with E-state index in [1.54, 1.807) is 13.1 Å². The van der Waals surface area contributed by atoms with Gasteiger partial charge in [0.15, 0.2) is 0 Å². The third-order valence-corrected chi connectivity index (χ3v) is 4.26. The Kier molecular flexibility index (Phi) is 3.66. The zero-order valence-electron chi connectivity index (χ0n) is 12.3. The van der Waals surface area contributed by atoms with Crippen LogP contribution in [-0.2, 0) is 17.6 Å². The number of hydrogen-bond donors (Lipinski definition) is 1. The van der Waals surface area contributed by atoms with Crippen LogP contribution >= 0.6 is 0 Å². The van der Waals surface area contributed by atoms with Crippen molar-refractivity contribution >= 4 is 17.7 Å². The van der Waals surface area contributed by atoms with E-state index in [0.717, 1.165) is 31.5 Å². The van der Waals surface area contributed by atoms with Gasteiger partial charge in [-0.2, -0.15) is 5.26 Å². The second-order valence-corrected chi connectivity index (χ2v) is 5.63. The average molecular weight is 281 g/mol. The van der Waals surface area contributed by atoms with Gasteiger partial charge in [-0.3, -0.25) is 4.79 Å². The van der Waals surface area contributed by atoms with E-state index in [0.29, 0.717) is 0 Å². The standard InChI is InChI=1S/C17H19N3O/c1-19-17(21)15(11-18)10-12-8-13-4-2-6-20-7-3-5-14(9-12)16(13)20/h8-10H,2-7H2,1H3,(H,19,21)/b15-10+. The lowest BCUT2D eigenvalue weighted by molar-refractivity contribution is -0.116. The largest absolute Gasteiger partial charge is 0.371 e. The minimum atomic E-state index is -0.328. The minimum Gasteiger partial charge on any atom is -0.371 e. The Balaban J connectivity index is 2.04. The van der Waals surface area contributed by atoms with Gasteiger partial charge in [-0.05, 0) is 60.6 Å². The third kappa shape index (κ3) is 2.52. The fourth-order valence-electron chi connectivity index (χ4n) is 3.36. The molecule has 0 saturated heterocycles. The lowest BCUT2D eigenvalue weighted by atomic mass is 9.89. The lowest BCUT2D eigenvalue weighted by Crippen LogP contribution is -2.34. The maximum absolute atomic E-state index is 11.6. The first-order valence-corrected chi connectivity index (χ1v) is 7.47. The zero-order chi connectivity index (χ0) is 14.8. The molecule has 21 heavy (non-hydrogen) atoms. The summed E-state index contributed by atoms with van der Waals surface area (Å²) in [5.74, 6) is -0.328.